The van der Waals surface area contributed by atoms with E-state index in [4.69, 9.17) is 18.1 Å². The zero-order valence-electron chi connectivity index (χ0n) is 15.3. The fourth-order valence-corrected chi connectivity index (χ4v) is 2.44. The summed E-state index contributed by atoms with van der Waals surface area (Å²) < 4.78 is 18.7. The molecule has 0 bridgehead atoms. The minimum Gasteiger partial charge on any atom is -0.465 e. The second-order valence-corrected chi connectivity index (χ2v) is 5.78. The van der Waals surface area contributed by atoms with E-state index >= 15 is 0 Å². The van der Waals surface area contributed by atoms with Gasteiger partial charge in [-0.2, -0.15) is 0 Å². The smallest absolute Gasteiger partial charge is 0.409 e. The maximum atomic E-state index is 12.2. The Kier molecular flexibility index (Phi) is 6.54. The molecule has 140 valence electrons. The molecule has 0 aliphatic heterocycles. The number of aromatic nitrogens is 1. The van der Waals surface area contributed by atoms with Gasteiger partial charge in [0.2, 0.25) is 0 Å². The highest BCUT2D eigenvalue weighted by Crippen LogP contribution is 2.20. The number of anilines is 1. The lowest BCUT2D eigenvalue weighted by Crippen LogP contribution is -2.06. The molecule has 0 spiro atoms. The number of oxime groups is 1. The Balaban J connectivity index is 0.000000221. The van der Waals surface area contributed by atoms with Crippen LogP contribution in [0.15, 0.2) is 53.7 Å². The zero-order valence-corrected chi connectivity index (χ0v) is 15.1. The third-order valence-electron chi connectivity index (χ3n) is 3.56. The third kappa shape index (κ3) is 5.93. The van der Waals surface area contributed by atoms with E-state index in [2.05, 4.69) is 33.7 Å². The molecule has 6 nitrogen and oxygen atoms in total. The fourth-order valence-electron chi connectivity index (χ4n) is 2.24. The standard InChI is InChI=1S/C12H11ClN2O.C7H6FNO2/c1-2-8-3-4-11-9(5-8)6-10(7-14-16)12(13)15-11;8-5-1-3-6(4-2-5)9-7(10)11/h3-7,16H,2H2,1H3;1-4,9H,(H,10,11)/i/hD. The van der Waals surface area contributed by atoms with Gasteiger partial charge in [-0.1, -0.05) is 29.7 Å². The predicted octanol–water partition coefficient (Wildman–Crippen LogP) is 5.17. The molecule has 0 saturated carbocycles. The first-order valence-corrected chi connectivity index (χ1v) is 8.31. The minimum atomic E-state index is -1.16. The summed E-state index contributed by atoms with van der Waals surface area (Å²) in [5.41, 5.74) is 3.08. The number of fused-ring (bicyclic) bond motifs is 1. The molecule has 3 aromatic rings. The molecule has 0 aliphatic carbocycles. The molecule has 1 heterocycles. The first-order chi connectivity index (χ1) is 13.4. The second kappa shape index (κ2) is 9.49. The van der Waals surface area contributed by atoms with Crippen LogP contribution in [0.3, 0.4) is 0 Å². The van der Waals surface area contributed by atoms with E-state index in [-0.39, 0.29) is 5.82 Å². The van der Waals surface area contributed by atoms with Gasteiger partial charge in [-0.25, -0.2) is 14.2 Å². The lowest BCUT2D eigenvalue weighted by Gasteiger charge is -2.03. The van der Waals surface area contributed by atoms with Gasteiger partial charge in [0.05, 0.1) is 11.7 Å². The van der Waals surface area contributed by atoms with Crippen molar-refractivity contribution in [3.8, 4) is 0 Å². The Bertz CT molecular complexity index is 984. The molecule has 0 fully saturated rings. The van der Waals surface area contributed by atoms with Crippen LogP contribution in [0.4, 0.5) is 14.9 Å². The Hall–Kier alpha value is -3.19. The van der Waals surface area contributed by atoms with Crippen molar-refractivity contribution in [2.75, 3.05) is 5.32 Å². The number of halogens is 2. The normalized spacial score (nSPS) is 10.9. The highest BCUT2D eigenvalue weighted by molar-refractivity contribution is 6.32. The van der Waals surface area contributed by atoms with E-state index in [1.54, 1.807) is 0 Å². The number of carbonyl (C=O) groups is 1. The van der Waals surface area contributed by atoms with Crippen molar-refractivity contribution in [1.29, 1.82) is 0 Å². The topological polar surface area (TPSA) is 94.8 Å². The monoisotopic (exact) mass is 390 g/mol. The van der Waals surface area contributed by atoms with Crippen LogP contribution < -0.4 is 5.32 Å². The van der Waals surface area contributed by atoms with Gasteiger partial charge < -0.3 is 10.3 Å². The van der Waals surface area contributed by atoms with Crippen LogP contribution in [-0.4, -0.2) is 27.6 Å². The van der Waals surface area contributed by atoms with E-state index < -0.39 is 6.09 Å². The molecule has 0 aliphatic rings. The molecule has 0 unspecified atom stereocenters. The Morgan fingerprint density at radius 2 is 2.07 bits per heavy atom. The first-order valence-electron chi connectivity index (χ1n) is 8.34. The highest BCUT2D eigenvalue weighted by atomic mass is 35.5. The predicted molar refractivity (Wildman–Crippen MR) is 104 cm³/mol. The summed E-state index contributed by atoms with van der Waals surface area (Å²) >= 11 is 5.99. The molecule has 1 amide bonds. The third-order valence-corrected chi connectivity index (χ3v) is 3.86. The summed E-state index contributed by atoms with van der Waals surface area (Å²) in [6.07, 6.45) is 1.19. The van der Waals surface area contributed by atoms with Crippen molar-refractivity contribution in [2.24, 2.45) is 5.16 Å². The van der Waals surface area contributed by atoms with Crippen LogP contribution in [-0.2, 0) is 6.42 Å². The highest BCUT2D eigenvalue weighted by Gasteiger charge is 2.03. The van der Waals surface area contributed by atoms with Gasteiger partial charge >= 0.3 is 7.52 Å². The molecular formula is C19H17ClFN3O3. The van der Waals surface area contributed by atoms with E-state index in [1.165, 1.54) is 36.0 Å². The van der Waals surface area contributed by atoms with Gasteiger partial charge in [0.25, 0.3) is 0 Å². The summed E-state index contributed by atoms with van der Waals surface area (Å²) in [7, 11) is 0. The van der Waals surface area contributed by atoms with E-state index in [9.17, 15) is 9.18 Å². The lowest BCUT2D eigenvalue weighted by atomic mass is 10.1. The largest absolute Gasteiger partial charge is 0.465 e. The number of amides is 1. The minimum absolute atomic E-state index is 0.350. The van der Waals surface area contributed by atoms with E-state index in [1.807, 2.05) is 18.2 Å². The van der Waals surface area contributed by atoms with Gasteiger partial charge in [0, 0.05) is 16.6 Å². The van der Waals surface area contributed by atoms with Gasteiger partial charge in [-0.15, -0.1) is 0 Å². The van der Waals surface area contributed by atoms with Crippen LogP contribution in [0, 0.1) is 5.82 Å². The molecule has 2 aromatic carbocycles. The SMILES string of the molecule is O=C(O)Nc1ccc(F)cc1.[2H]ON=Cc1cc2cc(CC)ccc2nc1Cl. The average Bonchev–Trinajstić information content (AvgIpc) is 2.68. The molecule has 27 heavy (non-hydrogen) atoms. The average molecular weight is 391 g/mol. The Morgan fingerprint density at radius 3 is 2.70 bits per heavy atom. The van der Waals surface area contributed by atoms with Gasteiger partial charge in [0.1, 0.15) is 11.0 Å². The maximum absolute atomic E-state index is 12.2. The molecule has 8 heteroatoms. The van der Waals surface area contributed by atoms with Crippen LogP contribution >= 0.6 is 11.6 Å². The van der Waals surface area contributed by atoms with Crippen LogP contribution in [0.25, 0.3) is 10.9 Å². The van der Waals surface area contributed by atoms with Gasteiger partial charge in [-0.05, 0) is 54.4 Å². The van der Waals surface area contributed by atoms with Crippen molar-refractivity contribution in [3.05, 3.63) is 70.6 Å². The number of pyridine rings is 1. The lowest BCUT2D eigenvalue weighted by molar-refractivity contribution is 0.209. The summed E-state index contributed by atoms with van der Waals surface area (Å²) in [4.78, 5) is 14.3. The molecule has 1 aromatic heterocycles. The molecule has 3 rings (SSSR count). The molecular weight excluding hydrogens is 373 g/mol. The number of nitrogens with zero attached hydrogens (tertiary/aromatic N) is 2. The number of aryl methyl sites for hydroxylation is 1. The second-order valence-electron chi connectivity index (χ2n) is 5.42. The number of benzene rings is 2. The van der Waals surface area contributed by atoms with Gasteiger partial charge in [-0.3, -0.25) is 5.32 Å². The quantitative estimate of drug-likeness (QED) is 0.248. The Morgan fingerprint density at radius 1 is 1.33 bits per heavy atom. The number of hydrogen-bond acceptors (Lipinski definition) is 4. The fraction of sp³-hybridized carbons (Fsp3) is 0.105. The number of rotatable bonds is 4. The zero-order chi connectivity index (χ0) is 20.5. The van der Waals surface area contributed by atoms with Gasteiger partial charge in [0.15, 0.2) is 0 Å². The summed E-state index contributed by atoms with van der Waals surface area (Å²) in [5, 5.41) is 18.9. The van der Waals surface area contributed by atoms with Crippen LogP contribution in [0.5, 0.6) is 0 Å². The number of carboxylic acid groups (broad SMARTS) is 1. The van der Waals surface area contributed by atoms with Crippen molar-refractivity contribution < 1.29 is 20.9 Å². The van der Waals surface area contributed by atoms with Crippen molar-refractivity contribution in [2.45, 2.75) is 13.3 Å². The molecule has 0 atom stereocenters. The molecule has 0 radical (unpaired) electrons. The summed E-state index contributed by atoms with van der Waals surface area (Å²) in [6, 6.07) is 13.0. The summed E-state index contributed by atoms with van der Waals surface area (Å²) in [6.45, 7) is 2.10. The first kappa shape index (κ1) is 18.6. The molecule has 0 saturated heterocycles. The van der Waals surface area contributed by atoms with E-state index in [0.29, 0.717) is 16.4 Å². The number of hydrogen-bond donors (Lipinski definition) is 3. The summed E-state index contributed by atoms with van der Waals surface area (Å²) in [5.74, 6) is -0.388. The Labute approximate surface area is 161 Å². The van der Waals surface area contributed by atoms with Crippen LogP contribution in [0.1, 0.15) is 18.1 Å². The van der Waals surface area contributed by atoms with Crippen LogP contribution in [0.2, 0.25) is 6.58 Å². The van der Waals surface area contributed by atoms with Crippen molar-refractivity contribution >= 4 is 40.5 Å². The van der Waals surface area contributed by atoms with E-state index in [0.717, 1.165) is 17.3 Å². The molecule has 3 N–H and O–H groups in total. The number of nitrogens with one attached hydrogen (secondary N) is 1. The maximum Gasteiger partial charge on any atom is 0.409 e. The van der Waals surface area contributed by atoms with Crippen molar-refractivity contribution in [1.82, 2.24) is 4.98 Å². The van der Waals surface area contributed by atoms with Crippen molar-refractivity contribution in [3.63, 3.8) is 0 Å².